The summed E-state index contributed by atoms with van der Waals surface area (Å²) in [6.07, 6.45) is 0.176. The number of rotatable bonds is 5. The number of nitrogens with zero attached hydrogens (tertiary/aromatic N) is 3. The van der Waals surface area contributed by atoms with Gasteiger partial charge < -0.3 is 15.2 Å². The summed E-state index contributed by atoms with van der Waals surface area (Å²) in [4.78, 5) is 24.9. The number of benzene rings is 2. The molecule has 9 heteroatoms. The lowest BCUT2D eigenvalue weighted by molar-refractivity contribution is -0.115. The van der Waals surface area contributed by atoms with Gasteiger partial charge in [0.25, 0.3) is 5.91 Å². The summed E-state index contributed by atoms with van der Waals surface area (Å²) in [6.45, 7) is 6.02. The molecule has 0 aliphatic rings. The largest absolute Gasteiger partial charge is 0.359 e. The number of carbonyl (C=O) groups excluding carboxylic acids is 2. The molecule has 4 aromatic rings. The Kier molecular flexibility index (Phi) is 5.51. The van der Waals surface area contributed by atoms with Gasteiger partial charge in [-0.3, -0.25) is 9.59 Å². The summed E-state index contributed by atoms with van der Waals surface area (Å²) in [7, 11) is 0. The molecule has 158 valence electrons. The van der Waals surface area contributed by atoms with Crippen molar-refractivity contribution in [2.24, 2.45) is 0 Å². The van der Waals surface area contributed by atoms with E-state index in [2.05, 4.69) is 24.5 Å². The van der Waals surface area contributed by atoms with Gasteiger partial charge in [0.05, 0.1) is 23.7 Å². The molecule has 2 amide bonds. The van der Waals surface area contributed by atoms with E-state index < -0.39 is 0 Å². The molecule has 2 N–H and O–H groups in total. The number of fused-ring (bicyclic) bond motifs is 1. The molecule has 0 spiro atoms. The van der Waals surface area contributed by atoms with Crippen LogP contribution in [0.1, 0.15) is 42.5 Å². The van der Waals surface area contributed by atoms with Gasteiger partial charge in [-0.1, -0.05) is 44.1 Å². The van der Waals surface area contributed by atoms with E-state index in [1.165, 1.54) is 0 Å². The van der Waals surface area contributed by atoms with Gasteiger partial charge in [-0.25, -0.2) is 0 Å². The van der Waals surface area contributed by atoms with Crippen LogP contribution in [0, 0.1) is 0 Å². The second-order valence-electron chi connectivity index (χ2n) is 8.14. The van der Waals surface area contributed by atoms with Crippen molar-refractivity contribution in [2.45, 2.75) is 32.6 Å². The molecule has 0 radical (unpaired) electrons. The maximum atomic E-state index is 12.6. The minimum atomic E-state index is -0.260. The zero-order valence-electron chi connectivity index (χ0n) is 17.3. The van der Waals surface area contributed by atoms with Gasteiger partial charge in [-0.15, -0.1) is 0 Å². The molecule has 0 aliphatic heterocycles. The fourth-order valence-electron chi connectivity index (χ4n) is 2.95. The fraction of sp³-hybridized carbons (Fsp3) is 0.227. The van der Waals surface area contributed by atoms with Gasteiger partial charge in [-0.2, -0.15) is 8.75 Å². The molecule has 0 saturated carbocycles. The van der Waals surface area contributed by atoms with Crippen LogP contribution in [-0.4, -0.2) is 25.7 Å². The van der Waals surface area contributed by atoms with Gasteiger partial charge in [-0.05, 0) is 29.8 Å². The Balaban J connectivity index is 1.37. The van der Waals surface area contributed by atoms with Crippen molar-refractivity contribution in [3.63, 3.8) is 0 Å². The molecule has 0 unspecified atom stereocenters. The molecule has 0 fully saturated rings. The first kappa shape index (κ1) is 20.7. The highest BCUT2D eigenvalue weighted by atomic mass is 32.1. The Morgan fingerprint density at radius 2 is 1.81 bits per heavy atom. The standard InChI is InChI=1S/C22H21N5O3S/c1-22(2,3)17-12-18(25-30-17)24-19(28)11-13-7-9-14(10-8-13)23-21(29)15-5-4-6-16-20(15)27-31-26-16/h4-10,12H,11H2,1-3H3,(H,23,29)(H,24,25,28). The third-order valence-electron chi connectivity index (χ3n) is 4.62. The Morgan fingerprint density at radius 3 is 2.52 bits per heavy atom. The topological polar surface area (TPSA) is 110 Å². The first-order chi connectivity index (χ1) is 14.8. The Labute approximate surface area is 183 Å². The minimum Gasteiger partial charge on any atom is -0.359 e. The first-order valence-electron chi connectivity index (χ1n) is 9.68. The van der Waals surface area contributed by atoms with Gasteiger partial charge in [0, 0.05) is 17.2 Å². The zero-order valence-corrected chi connectivity index (χ0v) is 18.1. The predicted molar refractivity (Wildman–Crippen MR) is 119 cm³/mol. The monoisotopic (exact) mass is 435 g/mol. The van der Waals surface area contributed by atoms with Crippen molar-refractivity contribution in [3.8, 4) is 0 Å². The van der Waals surface area contributed by atoms with Gasteiger partial charge >= 0.3 is 0 Å². The lowest BCUT2D eigenvalue weighted by Crippen LogP contribution is -2.15. The van der Waals surface area contributed by atoms with Crippen molar-refractivity contribution in [3.05, 3.63) is 65.4 Å². The predicted octanol–water partition coefficient (Wildman–Crippen LogP) is 4.41. The summed E-state index contributed by atoms with van der Waals surface area (Å²) >= 11 is 1.07. The lowest BCUT2D eigenvalue weighted by Gasteiger charge is -2.12. The molecule has 0 saturated heterocycles. The molecule has 31 heavy (non-hydrogen) atoms. The highest BCUT2D eigenvalue weighted by Gasteiger charge is 2.20. The first-order valence-corrected chi connectivity index (χ1v) is 10.4. The molecule has 8 nitrogen and oxygen atoms in total. The minimum absolute atomic E-state index is 0.176. The molecule has 0 atom stereocenters. The molecule has 2 aromatic carbocycles. The quantitative estimate of drug-likeness (QED) is 0.480. The van der Waals surface area contributed by atoms with Crippen molar-refractivity contribution in [2.75, 3.05) is 10.6 Å². The SMILES string of the molecule is CC(C)(C)c1cc(NC(=O)Cc2ccc(NC(=O)c3cccc4nsnc34)cc2)no1. The van der Waals surface area contributed by atoms with E-state index in [4.69, 9.17) is 4.52 Å². The molecule has 2 heterocycles. The average Bonchev–Trinajstić information content (AvgIpc) is 3.38. The van der Waals surface area contributed by atoms with E-state index in [0.29, 0.717) is 33.9 Å². The molecular weight excluding hydrogens is 414 g/mol. The number of anilines is 2. The molecule has 4 rings (SSSR count). The van der Waals surface area contributed by atoms with Crippen LogP contribution < -0.4 is 10.6 Å². The summed E-state index contributed by atoms with van der Waals surface area (Å²) in [5, 5.41) is 9.49. The van der Waals surface area contributed by atoms with Crippen molar-refractivity contribution < 1.29 is 14.1 Å². The molecular formula is C22H21N5O3S. The highest BCUT2D eigenvalue weighted by molar-refractivity contribution is 7.00. The van der Waals surface area contributed by atoms with Crippen LogP contribution in [0.3, 0.4) is 0 Å². The number of aromatic nitrogens is 3. The number of nitrogens with one attached hydrogen (secondary N) is 2. The fourth-order valence-corrected chi connectivity index (χ4v) is 3.50. The third-order valence-corrected chi connectivity index (χ3v) is 5.17. The van der Waals surface area contributed by atoms with Crippen LogP contribution in [0.5, 0.6) is 0 Å². The van der Waals surface area contributed by atoms with Crippen LogP contribution in [0.2, 0.25) is 0 Å². The smallest absolute Gasteiger partial charge is 0.257 e. The zero-order chi connectivity index (χ0) is 22.0. The summed E-state index contributed by atoms with van der Waals surface area (Å²) in [5.74, 6) is 0.634. The second kappa shape index (κ2) is 8.27. The Morgan fingerprint density at radius 1 is 1.03 bits per heavy atom. The van der Waals surface area contributed by atoms with Gasteiger partial charge in [0.2, 0.25) is 5.91 Å². The molecule has 2 aromatic heterocycles. The highest BCUT2D eigenvalue weighted by Crippen LogP contribution is 2.24. The van der Waals surface area contributed by atoms with Crippen molar-refractivity contribution in [1.29, 1.82) is 0 Å². The van der Waals surface area contributed by atoms with E-state index in [1.54, 1.807) is 42.5 Å². The molecule has 0 aliphatic carbocycles. The maximum Gasteiger partial charge on any atom is 0.257 e. The number of carbonyl (C=O) groups is 2. The lowest BCUT2D eigenvalue weighted by atomic mass is 9.93. The van der Waals surface area contributed by atoms with E-state index in [1.807, 2.05) is 26.8 Å². The maximum absolute atomic E-state index is 12.6. The van der Waals surface area contributed by atoms with Crippen LogP contribution in [0.25, 0.3) is 11.0 Å². The molecule has 0 bridgehead atoms. The normalized spacial score (nSPS) is 11.5. The number of amides is 2. The summed E-state index contributed by atoms with van der Waals surface area (Å²) in [5.41, 5.74) is 3.00. The van der Waals surface area contributed by atoms with Gasteiger partial charge in [0.15, 0.2) is 5.82 Å². The average molecular weight is 436 g/mol. The number of hydrogen-bond donors (Lipinski definition) is 2. The van der Waals surface area contributed by atoms with Crippen LogP contribution in [0.4, 0.5) is 11.5 Å². The van der Waals surface area contributed by atoms with Crippen LogP contribution in [-0.2, 0) is 16.6 Å². The summed E-state index contributed by atoms with van der Waals surface area (Å²) < 4.78 is 13.6. The van der Waals surface area contributed by atoms with Gasteiger partial charge in [0.1, 0.15) is 16.8 Å². The van der Waals surface area contributed by atoms with E-state index in [-0.39, 0.29) is 23.7 Å². The van der Waals surface area contributed by atoms with Crippen molar-refractivity contribution in [1.82, 2.24) is 13.9 Å². The summed E-state index contributed by atoms with van der Waals surface area (Å²) in [6, 6.07) is 14.1. The number of hydrogen-bond acceptors (Lipinski definition) is 7. The van der Waals surface area contributed by atoms with E-state index in [0.717, 1.165) is 17.3 Å². The Bertz CT molecular complexity index is 1240. The second-order valence-corrected chi connectivity index (χ2v) is 8.67. The van der Waals surface area contributed by atoms with E-state index >= 15 is 0 Å². The Hall–Kier alpha value is -3.59. The van der Waals surface area contributed by atoms with Crippen molar-refractivity contribution >= 4 is 46.1 Å². The van der Waals surface area contributed by atoms with Crippen LogP contribution in [0.15, 0.2) is 53.1 Å². The van der Waals surface area contributed by atoms with E-state index in [9.17, 15) is 9.59 Å². The van der Waals surface area contributed by atoms with Crippen LogP contribution >= 0.6 is 11.7 Å². The third kappa shape index (κ3) is 4.77.